The van der Waals surface area contributed by atoms with Gasteiger partial charge in [0.2, 0.25) is 0 Å². The van der Waals surface area contributed by atoms with Crippen LogP contribution in [0.5, 0.6) is 0 Å². The van der Waals surface area contributed by atoms with E-state index in [1.165, 1.54) is 16.7 Å². The van der Waals surface area contributed by atoms with Gasteiger partial charge in [-0.25, -0.2) is 9.97 Å². The zero-order valence-corrected chi connectivity index (χ0v) is 14.4. The van der Waals surface area contributed by atoms with Gasteiger partial charge < -0.3 is 5.73 Å². The molecule has 1 aliphatic rings. The molecule has 0 unspecified atom stereocenters. The first-order chi connectivity index (χ1) is 12.2. The second-order valence-corrected chi connectivity index (χ2v) is 6.67. The van der Waals surface area contributed by atoms with Crippen molar-refractivity contribution in [2.75, 3.05) is 12.3 Å². The van der Waals surface area contributed by atoms with Crippen LogP contribution in [0.1, 0.15) is 22.4 Å². The molecule has 2 N–H and O–H groups in total. The fourth-order valence-electron chi connectivity index (χ4n) is 3.29. The van der Waals surface area contributed by atoms with Crippen molar-refractivity contribution >= 4 is 5.69 Å². The molecule has 0 fully saturated rings. The van der Waals surface area contributed by atoms with Crippen LogP contribution in [-0.2, 0) is 19.5 Å². The molecule has 0 aliphatic carbocycles. The number of benzene rings is 2. The zero-order valence-electron chi connectivity index (χ0n) is 14.4. The predicted octanol–water partition coefficient (Wildman–Crippen LogP) is 3.59. The van der Waals surface area contributed by atoms with Gasteiger partial charge in [-0.05, 0) is 54.3 Å². The molecule has 4 nitrogen and oxygen atoms in total. The SMILES string of the molecule is Cc1ccccc1CN1CCc2cnc(-c3ccc(N)cc3)nc2C1. The Morgan fingerprint density at radius 3 is 2.68 bits per heavy atom. The fourth-order valence-corrected chi connectivity index (χ4v) is 3.29. The number of aryl methyl sites for hydroxylation is 1. The first-order valence-electron chi connectivity index (χ1n) is 8.66. The standard InChI is InChI=1S/C21H22N4/c1-15-4-2-3-5-18(15)13-25-11-10-17-12-23-21(24-20(17)14-25)16-6-8-19(22)9-7-16/h2-9,12H,10-11,13-14,22H2,1H3. The summed E-state index contributed by atoms with van der Waals surface area (Å²) in [6.45, 7) is 5.06. The highest BCUT2D eigenvalue weighted by Crippen LogP contribution is 2.23. The van der Waals surface area contributed by atoms with Crippen molar-refractivity contribution in [1.82, 2.24) is 14.9 Å². The Labute approximate surface area is 148 Å². The second kappa shape index (κ2) is 6.65. The van der Waals surface area contributed by atoms with Crippen LogP contribution in [0.4, 0.5) is 5.69 Å². The normalized spacial score (nSPS) is 14.3. The summed E-state index contributed by atoms with van der Waals surface area (Å²) in [4.78, 5) is 11.8. The summed E-state index contributed by atoms with van der Waals surface area (Å²) in [5.74, 6) is 0.775. The van der Waals surface area contributed by atoms with E-state index in [0.29, 0.717) is 0 Å². The third-order valence-corrected chi connectivity index (χ3v) is 4.85. The fraction of sp³-hybridized carbons (Fsp3) is 0.238. The van der Waals surface area contributed by atoms with Crippen LogP contribution in [0.25, 0.3) is 11.4 Å². The van der Waals surface area contributed by atoms with Gasteiger partial charge in [0, 0.05) is 37.1 Å². The number of fused-ring (bicyclic) bond motifs is 1. The van der Waals surface area contributed by atoms with Crippen LogP contribution >= 0.6 is 0 Å². The van der Waals surface area contributed by atoms with Crippen molar-refractivity contribution in [2.24, 2.45) is 0 Å². The molecule has 0 radical (unpaired) electrons. The topological polar surface area (TPSA) is 55.0 Å². The molecule has 0 bridgehead atoms. The summed E-state index contributed by atoms with van der Waals surface area (Å²) in [6.07, 6.45) is 2.99. The number of hydrogen-bond donors (Lipinski definition) is 1. The summed E-state index contributed by atoms with van der Waals surface area (Å²) in [5, 5.41) is 0. The third-order valence-electron chi connectivity index (χ3n) is 4.85. The van der Waals surface area contributed by atoms with Crippen LogP contribution in [0.15, 0.2) is 54.7 Å². The van der Waals surface area contributed by atoms with E-state index in [1.807, 2.05) is 30.5 Å². The van der Waals surface area contributed by atoms with E-state index in [4.69, 9.17) is 10.7 Å². The van der Waals surface area contributed by atoms with E-state index in [-0.39, 0.29) is 0 Å². The van der Waals surface area contributed by atoms with E-state index in [9.17, 15) is 0 Å². The lowest BCUT2D eigenvalue weighted by Crippen LogP contribution is -2.31. The molecule has 0 saturated carbocycles. The van der Waals surface area contributed by atoms with Crippen LogP contribution < -0.4 is 5.73 Å². The van der Waals surface area contributed by atoms with E-state index in [0.717, 1.165) is 48.8 Å². The van der Waals surface area contributed by atoms with Crippen molar-refractivity contribution in [3.8, 4) is 11.4 Å². The van der Waals surface area contributed by atoms with Gasteiger partial charge in [0.25, 0.3) is 0 Å². The molecule has 2 aromatic carbocycles. The summed E-state index contributed by atoms with van der Waals surface area (Å²) >= 11 is 0. The van der Waals surface area contributed by atoms with Crippen molar-refractivity contribution in [1.29, 1.82) is 0 Å². The molecule has 1 aromatic heterocycles. The molecule has 0 spiro atoms. The molecule has 1 aliphatic heterocycles. The first kappa shape index (κ1) is 15.8. The van der Waals surface area contributed by atoms with Gasteiger partial charge in [-0.3, -0.25) is 4.90 Å². The maximum absolute atomic E-state index is 5.77. The summed E-state index contributed by atoms with van der Waals surface area (Å²) < 4.78 is 0. The Balaban J connectivity index is 1.56. The van der Waals surface area contributed by atoms with Crippen molar-refractivity contribution < 1.29 is 0 Å². The lowest BCUT2D eigenvalue weighted by Gasteiger charge is -2.28. The van der Waals surface area contributed by atoms with Crippen molar-refractivity contribution in [3.63, 3.8) is 0 Å². The second-order valence-electron chi connectivity index (χ2n) is 6.67. The lowest BCUT2D eigenvalue weighted by molar-refractivity contribution is 0.241. The van der Waals surface area contributed by atoms with Crippen LogP contribution in [0.2, 0.25) is 0 Å². The molecule has 4 heteroatoms. The molecule has 2 heterocycles. The van der Waals surface area contributed by atoms with Crippen LogP contribution in [-0.4, -0.2) is 21.4 Å². The number of aromatic nitrogens is 2. The van der Waals surface area contributed by atoms with Gasteiger partial charge >= 0.3 is 0 Å². The van der Waals surface area contributed by atoms with E-state index in [2.05, 4.69) is 41.1 Å². The minimum Gasteiger partial charge on any atom is -0.399 e. The Bertz CT molecular complexity index is 887. The van der Waals surface area contributed by atoms with E-state index < -0.39 is 0 Å². The zero-order chi connectivity index (χ0) is 17.2. The van der Waals surface area contributed by atoms with Gasteiger partial charge in [0.15, 0.2) is 5.82 Å². The first-order valence-corrected chi connectivity index (χ1v) is 8.66. The van der Waals surface area contributed by atoms with E-state index in [1.54, 1.807) is 0 Å². The minimum absolute atomic E-state index is 0.756. The molecule has 0 amide bonds. The number of nitrogens with zero attached hydrogens (tertiary/aromatic N) is 3. The Kier molecular flexibility index (Phi) is 4.20. The minimum atomic E-state index is 0.756. The van der Waals surface area contributed by atoms with Gasteiger partial charge in [-0.15, -0.1) is 0 Å². The highest BCUT2D eigenvalue weighted by molar-refractivity contribution is 5.58. The largest absolute Gasteiger partial charge is 0.399 e. The maximum atomic E-state index is 5.77. The lowest BCUT2D eigenvalue weighted by atomic mass is 10.0. The number of nitrogens with two attached hydrogens (primary N) is 1. The number of anilines is 1. The van der Waals surface area contributed by atoms with Gasteiger partial charge in [-0.1, -0.05) is 24.3 Å². The van der Waals surface area contributed by atoms with E-state index >= 15 is 0 Å². The number of nitrogen functional groups attached to an aromatic ring is 1. The quantitative estimate of drug-likeness (QED) is 0.746. The van der Waals surface area contributed by atoms with Crippen LogP contribution in [0, 0.1) is 6.92 Å². The summed E-state index contributed by atoms with van der Waals surface area (Å²) in [6, 6.07) is 16.3. The molecule has 3 aromatic rings. The monoisotopic (exact) mass is 330 g/mol. The Morgan fingerprint density at radius 1 is 1.08 bits per heavy atom. The molecule has 0 saturated heterocycles. The highest BCUT2D eigenvalue weighted by Gasteiger charge is 2.19. The maximum Gasteiger partial charge on any atom is 0.159 e. The summed E-state index contributed by atoms with van der Waals surface area (Å²) in [5.41, 5.74) is 12.7. The molecule has 25 heavy (non-hydrogen) atoms. The number of hydrogen-bond acceptors (Lipinski definition) is 4. The van der Waals surface area contributed by atoms with Gasteiger partial charge in [-0.2, -0.15) is 0 Å². The third kappa shape index (κ3) is 3.39. The molecule has 4 rings (SSSR count). The van der Waals surface area contributed by atoms with Gasteiger partial charge in [0.05, 0.1) is 5.69 Å². The highest BCUT2D eigenvalue weighted by atomic mass is 15.1. The smallest absolute Gasteiger partial charge is 0.159 e. The predicted molar refractivity (Wildman–Crippen MR) is 101 cm³/mol. The number of rotatable bonds is 3. The molecule has 0 atom stereocenters. The molecule has 126 valence electrons. The molecular formula is C21H22N4. The Morgan fingerprint density at radius 2 is 1.88 bits per heavy atom. The van der Waals surface area contributed by atoms with Crippen molar-refractivity contribution in [2.45, 2.75) is 26.4 Å². The summed E-state index contributed by atoms with van der Waals surface area (Å²) in [7, 11) is 0. The van der Waals surface area contributed by atoms with Crippen molar-refractivity contribution in [3.05, 3.63) is 77.1 Å². The van der Waals surface area contributed by atoms with Crippen LogP contribution in [0.3, 0.4) is 0 Å². The van der Waals surface area contributed by atoms with Gasteiger partial charge in [0.1, 0.15) is 0 Å². The average Bonchev–Trinajstić information content (AvgIpc) is 2.64. The average molecular weight is 330 g/mol. The Hall–Kier alpha value is -2.72. The molecular weight excluding hydrogens is 308 g/mol.